The van der Waals surface area contributed by atoms with Crippen LogP contribution in [-0.4, -0.2) is 107 Å². The van der Waals surface area contributed by atoms with Gasteiger partial charge in [-0.15, -0.1) is 10.2 Å². The molecule has 3 N–H and O–H groups in total. The molecule has 224 valence electrons. The standard InChI is InChI=1S/C28H32F2N6O5S/c1-40-23-15-42(24(12-37)28(39)26(23)36-11-21(32-34-36)17-5-3-7-19(30)9-17)25-14-41-13-22(27(25)38)35-10-20(31-33-35)16-4-2-6-18(29)8-16/h2-11,22-28,37-39,42H,12-15H2,1H3/t22-,23-,24+,25+,26+,27+,28-/m0/s1. The summed E-state index contributed by atoms with van der Waals surface area (Å²) in [6.07, 6.45) is 0.796. The first-order valence-electron chi connectivity index (χ1n) is 13.6. The van der Waals surface area contributed by atoms with Crippen LogP contribution in [0.5, 0.6) is 0 Å². The number of aliphatic hydroxyl groups excluding tert-OH is 3. The number of nitrogens with zero attached hydrogens (tertiary/aromatic N) is 6. The summed E-state index contributed by atoms with van der Waals surface area (Å²) >= 11 is 0. The Labute approximate surface area is 243 Å². The minimum Gasteiger partial charge on any atom is -0.395 e. The largest absolute Gasteiger partial charge is 0.395 e. The molecule has 0 spiro atoms. The Morgan fingerprint density at radius 3 is 2.14 bits per heavy atom. The van der Waals surface area contributed by atoms with E-state index in [1.807, 2.05) is 0 Å². The number of aromatic nitrogens is 6. The van der Waals surface area contributed by atoms with Crippen LogP contribution in [0, 0.1) is 11.6 Å². The van der Waals surface area contributed by atoms with Crippen LogP contribution in [0.4, 0.5) is 8.78 Å². The monoisotopic (exact) mass is 602 g/mol. The number of rotatable bonds is 7. The number of ether oxygens (including phenoxy) is 2. The molecular weight excluding hydrogens is 570 g/mol. The highest BCUT2D eigenvalue weighted by Crippen LogP contribution is 2.51. The zero-order chi connectivity index (χ0) is 29.4. The third-order valence-corrected chi connectivity index (χ3v) is 11.5. The van der Waals surface area contributed by atoms with Crippen LogP contribution in [0.1, 0.15) is 12.1 Å². The van der Waals surface area contributed by atoms with E-state index < -0.39 is 57.6 Å². The van der Waals surface area contributed by atoms with Crippen LogP contribution >= 0.6 is 10.9 Å². The van der Waals surface area contributed by atoms with Crippen LogP contribution in [0.3, 0.4) is 0 Å². The molecule has 4 aromatic rings. The maximum absolute atomic E-state index is 13.8. The second-order valence-corrected chi connectivity index (χ2v) is 13.3. The van der Waals surface area contributed by atoms with E-state index in [1.54, 1.807) is 43.8 Å². The SMILES string of the molecule is CO[C@H]1C[SH]([C@@H]2COC[C@H](n3cc(-c4cccc(F)c4)nn3)[C@H]2O)[C@H](CO)[C@H](O)[C@@H]1n1cc(-c2cccc(F)c2)nn1. The Balaban J connectivity index is 1.23. The molecule has 0 aliphatic carbocycles. The van der Waals surface area contributed by atoms with Gasteiger partial charge in [-0.05, 0) is 24.3 Å². The van der Waals surface area contributed by atoms with Crippen LogP contribution in [-0.2, 0) is 9.47 Å². The smallest absolute Gasteiger partial charge is 0.123 e. The van der Waals surface area contributed by atoms with Gasteiger partial charge >= 0.3 is 0 Å². The molecule has 4 heterocycles. The van der Waals surface area contributed by atoms with Crippen molar-refractivity contribution in [2.45, 2.75) is 40.9 Å². The summed E-state index contributed by atoms with van der Waals surface area (Å²) in [5, 5.41) is 49.4. The molecule has 6 rings (SSSR count). The minimum atomic E-state index is -1.22. The van der Waals surface area contributed by atoms with Crippen molar-refractivity contribution in [1.82, 2.24) is 30.0 Å². The molecule has 2 aromatic carbocycles. The van der Waals surface area contributed by atoms with Crippen molar-refractivity contribution in [1.29, 1.82) is 0 Å². The van der Waals surface area contributed by atoms with E-state index in [2.05, 4.69) is 20.6 Å². The van der Waals surface area contributed by atoms with Gasteiger partial charge in [0.05, 0.1) is 50.5 Å². The average molecular weight is 603 g/mol. The summed E-state index contributed by atoms with van der Waals surface area (Å²) in [6, 6.07) is 10.8. The molecule has 11 nitrogen and oxygen atoms in total. The van der Waals surface area contributed by atoms with Crippen molar-refractivity contribution in [3.05, 3.63) is 72.6 Å². The highest BCUT2D eigenvalue weighted by Gasteiger charge is 2.49. The summed E-state index contributed by atoms with van der Waals surface area (Å²) in [5.74, 6) is -0.334. The summed E-state index contributed by atoms with van der Waals surface area (Å²) in [4.78, 5) is 0. The van der Waals surface area contributed by atoms with Gasteiger partial charge in [-0.25, -0.2) is 29.0 Å². The van der Waals surface area contributed by atoms with Gasteiger partial charge in [0, 0.05) is 34.5 Å². The van der Waals surface area contributed by atoms with E-state index in [4.69, 9.17) is 9.47 Å². The fourth-order valence-electron chi connectivity index (χ4n) is 5.94. The van der Waals surface area contributed by atoms with Crippen LogP contribution in [0.25, 0.3) is 22.5 Å². The Morgan fingerprint density at radius 2 is 1.55 bits per heavy atom. The van der Waals surface area contributed by atoms with Crippen LogP contribution in [0.15, 0.2) is 60.9 Å². The van der Waals surface area contributed by atoms with Gasteiger partial charge in [0.25, 0.3) is 0 Å². The van der Waals surface area contributed by atoms with E-state index in [0.29, 0.717) is 28.3 Å². The van der Waals surface area contributed by atoms with Gasteiger partial charge < -0.3 is 24.8 Å². The molecule has 2 aliphatic rings. The van der Waals surface area contributed by atoms with Gasteiger partial charge in [0.1, 0.15) is 35.1 Å². The molecule has 1 unspecified atom stereocenters. The molecule has 42 heavy (non-hydrogen) atoms. The van der Waals surface area contributed by atoms with E-state index in [-0.39, 0.29) is 25.6 Å². The van der Waals surface area contributed by atoms with Crippen molar-refractivity contribution in [3.8, 4) is 22.5 Å². The van der Waals surface area contributed by atoms with Gasteiger partial charge in [-0.3, -0.25) is 0 Å². The quantitative estimate of drug-likeness (QED) is 0.233. The molecule has 2 aliphatic heterocycles. The Morgan fingerprint density at radius 1 is 0.929 bits per heavy atom. The maximum atomic E-state index is 13.8. The van der Waals surface area contributed by atoms with E-state index in [9.17, 15) is 24.1 Å². The number of benzene rings is 2. The third-order valence-electron chi connectivity index (χ3n) is 8.13. The molecular formula is C28H32F2N6O5S. The summed E-state index contributed by atoms with van der Waals surface area (Å²) < 4.78 is 42.3. The lowest BCUT2D eigenvalue weighted by molar-refractivity contribution is -0.0339. The molecule has 0 bridgehead atoms. The highest BCUT2D eigenvalue weighted by molar-refractivity contribution is 8.18. The van der Waals surface area contributed by atoms with Crippen molar-refractivity contribution in [2.75, 3.05) is 32.7 Å². The minimum absolute atomic E-state index is 0.192. The number of hydrogen-bond acceptors (Lipinski definition) is 9. The molecule has 2 fully saturated rings. The first kappa shape index (κ1) is 28.8. The molecule has 0 saturated carbocycles. The van der Waals surface area contributed by atoms with Crippen molar-refractivity contribution < 1.29 is 33.6 Å². The molecule has 2 aromatic heterocycles. The zero-order valence-corrected chi connectivity index (χ0v) is 23.6. The number of thiol groups is 1. The van der Waals surface area contributed by atoms with E-state index in [1.165, 1.54) is 33.6 Å². The highest BCUT2D eigenvalue weighted by atomic mass is 32.2. The van der Waals surface area contributed by atoms with Crippen LogP contribution in [0.2, 0.25) is 0 Å². The van der Waals surface area contributed by atoms with Gasteiger partial charge in [-0.2, -0.15) is 0 Å². The molecule has 8 atom stereocenters. The Bertz CT molecular complexity index is 1520. The van der Waals surface area contributed by atoms with E-state index in [0.717, 1.165) is 0 Å². The molecule has 14 heteroatoms. The average Bonchev–Trinajstić information content (AvgIpc) is 3.68. The first-order valence-corrected chi connectivity index (χ1v) is 15.2. The number of hydrogen-bond donors (Lipinski definition) is 4. The number of methoxy groups -OCH3 is 1. The molecule has 0 amide bonds. The van der Waals surface area contributed by atoms with Gasteiger partial charge in [-0.1, -0.05) is 34.7 Å². The second-order valence-electron chi connectivity index (χ2n) is 10.6. The van der Waals surface area contributed by atoms with Crippen molar-refractivity contribution in [3.63, 3.8) is 0 Å². The lowest BCUT2D eigenvalue weighted by Gasteiger charge is -2.51. The predicted octanol–water partition coefficient (Wildman–Crippen LogP) is 1.78. The third kappa shape index (κ3) is 5.45. The lowest BCUT2D eigenvalue weighted by Crippen LogP contribution is -2.55. The number of halogens is 2. The van der Waals surface area contributed by atoms with Crippen LogP contribution < -0.4 is 0 Å². The fraction of sp³-hybridized carbons (Fsp3) is 0.429. The Kier molecular flexibility index (Phi) is 8.34. The fourth-order valence-corrected chi connectivity index (χ4v) is 9.42. The molecule has 0 radical (unpaired) electrons. The van der Waals surface area contributed by atoms with Gasteiger partial charge in [0.2, 0.25) is 0 Å². The molecule has 2 saturated heterocycles. The van der Waals surface area contributed by atoms with E-state index >= 15 is 0 Å². The zero-order valence-electron chi connectivity index (χ0n) is 22.7. The van der Waals surface area contributed by atoms with Crippen molar-refractivity contribution >= 4 is 10.9 Å². The normalized spacial score (nSPS) is 30.8. The predicted molar refractivity (Wildman–Crippen MR) is 151 cm³/mol. The maximum Gasteiger partial charge on any atom is 0.123 e. The second kappa shape index (κ2) is 12.1. The van der Waals surface area contributed by atoms with Gasteiger partial charge in [0.15, 0.2) is 0 Å². The first-order chi connectivity index (χ1) is 20.4. The van der Waals surface area contributed by atoms with Crippen molar-refractivity contribution in [2.24, 2.45) is 0 Å². The topological polar surface area (TPSA) is 141 Å². The number of aliphatic hydroxyl groups is 3. The lowest BCUT2D eigenvalue weighted by atomic mass is 10.0. The summed E-state index contributed by atoms with van der Waals surface area (Å²) in [6.45, 7) is 0.121. The summed E-state index contributed by atoms with van der Waals surface area (Å²) in [7, 11) is 0.327. The summed E-state index contributed by atoms with van der Waals surface area (Å²) in [5.41, 5.74) is 2.01. The Hall–Kier alpha value is -3.27.